The van der Waals surface area contributed by atoms with Gasteiger partial charge >= 0.3 is 25.6 Å². The maximum Gasteiger partial charge on any atom is 0.342 e. The maximum absolute atomic E-state index is 14.3. The normalized spacial score (nSPS) is 24.3. The molecule has 47 heavy (non-hydrogen) atoms. The predicted molar refractivity (Wildman–Crippen MR) is 166 cm³/mol. The van der Waals surface area contributed by atoms with E-state index in [4.69, 9.17) is 29.2 Å². The molecule has 5 N–H and O–H groups in total. The summed E-state index contributed by atoms with van der Waals surface area (Å²) in [5.41, 5.74) is 2.03. The lowest BCUT2D eigenvalue weighted by Gasteiger charge is -2.34. The highest BCUT2D eigenvalue weighted by molar-refractivity contribution is 7.54. The lowest BCUT2D eigenvalue weighted by atomic mass is 9.80. The van der Waals surface area contributed by atoms with E-state index in [1.807, 2.05) is 6.07 Å². The van der Waals surface area contributed by atoms with Crippen LogP contribution >= 0.6 is 7.67 Å². The standard InChI is InChI=1S/C29H44N7O10P/c1-15(2)25(37)45-23-21(46-28(9,29(23,40)13-30)22-11-10-20-24(31)32-14-33-36(20)22)12-42-47(41,34-18(7)26(38)43-16(3)4)35-19(8)27(39)44-17(5)6/h10-11,14-19,21,23,40H,12H2,1-9H3,(H2,31,32,33)(H2,34,35,41)/t18-,19-,21+,23+,28-,29+/m0/s1. The largest absolute Gasteiger partial charge is 0.462 e. The molecule has 2 aromatic rings. The van der Waals surface area contributed by atoms with Crippen molar-refractivity contribution in [2.45, 2.75) is 110 Å². The number of rotatable bonds is 14. The zero-order valence-electron chi connectivity index (χ0n) is 27.9. The van der Waals surface area contributed by atoms with E-state index in [0.717, 1.165) is 0 Å². The number of ether oxygens (including phenoxy) is 4. The van der Waals surface area contributed by atoms with Crippen LogP contribution in [-0.4, -0.2) is 86.3 Å². The number of aliphatic hydroxyl groups is 1. The Morgan fingerprint density at radius 2 is 1.62 bits per heavy atom. The first-order valence-electron chi connectivity index (χ1n) is 15.1. The average Bonchev–Trinajstić information content (AvgIpc) is 3.50. The monoisotopic (exact) mass is 681 g/mol. The number of hydrogen-bond acceptors (Lipinski definition) is 14. The number of anilines is 1. The molecule has 0 unspecified atom stereocenters. The quantitative estimate of drug-likeness (QED) is 0.0961. The molecule has 6 atom stereocenters. The summed E-state index contributed by atoms with van der Waals surface area (Å²) in [5.74, 6) is -2.82. The van der Waals surface area contributed by atoms with Gasteiger partial charge in [-0.1, -0.05) is 13.8 Å². The van der Waals surface area contributed by atoms with Crippen molar-refractivity contribution >= 4 is 36.9 Å². The summed E-state index contributed by atoms with van der Waals surface area (Å²) in [5, 5.41) is 31.7. The summed E-state index contributed by atoms with van der Waals surface area (Å²) in [6.07, 6.45) is -2.88. The smallest absolute Gasteiger partial charge is 0.342 e. The van der Waals surface area contributed by atoms with Gasteiger partial charge in [-0.3, -0.25) is 18.9 Å². The van der Waals surface area contributed by atoms with Crippen LogP contribution < -0.4 is 15.9 Å². The third-order valence-electron chi connectivity index (χ3n) is 7.28. The van der Waals surface area contributed by atoms with Gasteiger partial charge in [-0.05, 0) is 60.6 Å². The fraction of sp³-hybridized carbons (Fsp3) is 0.655. The molecule has 0 spiro atoms. The fourth-order valence-corrected chi connectivity index (χ4v) is 6.66. The minimum absolute atomic E-state index is 0.115. The summed E-state index contributed by atoms with van der Waals surface area (Å²) < 4.78 is 43.8. The van der Waals surface area contributed by atoms with Gasteiger partial charge in [0.15, 0.2) is 17.5 Å². The van der Waals surface area contributed by atoms with Crippen LogP contribution in [-0.2, 0) is 48.0 Å². The molecule has 0 aliphatic carbocycles. The van der Waals surface area contributed by atoms with Gasteiger partial charge in [-0.25, -0.2) is 19.7 Å². The van der Waals surface area contributed by atoms with Gasteiger partial charge in [0.2, 0.25) is 5.60 Å². The second kappa shape index (κ2) is 14.6. The number of nitrogens with one attached hydrogen (secondary N) is 2. The second-order valence-corrected chi connectivity index (χ2v) is 14.1. The van der Waals surface area contributed by atoms with Crippen molar-refractivity contribution in [1.82, 2.24) is 24.8 Å². The molecule has 1 aliphatic rings. The second-order valence-electron chi connectivity index (χ2n) is 12.3. The number of fused-ring (bicyclic) bond motifs is 1. The van der Waals surface area contributed by atoms with Gasteiger partial charge in [-0.15, -0.1) is 0 Å². The molecule has 1 saturated heterocycles. The Kier molecular flexibility index (Phi) is 11.8. The van der Waals surface area contributed by atoms with Crippen molar-refractivity contribution < 1.29 is 47.5 Å². The highest BCUT2D eigenvalue weighted by Crippen LogP contribution is 2.50. The van der Waals surface area contributed by atoms with Crippen molar-refractivity contribution in [3.8, 4) is 6.07 Å². The summed E-state index contributed by atoms with van der Waals surface area (Å²) in [6, 6.07) is 2.53. The number of nitrogens with two attached hydrogens (primary N) is 1. The molecule has 0 bridgehead atoms. The van der Waals surface area contributed by atoms with E-state index in [-0.39, 0.29) is 11.5 Å². The Morgan fingerprint density at radius 3 is 2.11 bits per heavy atom. The van der Waals surface area contributed by atoms with Gasteiger partial charge in [0.25, 0.3) is 0 Å². The highest BCUT2D eigenvalue weighted by atomic mass is 31.2. The molecule has 2 aromatic heterocycles. The molecule has 3 rings (SSSR count). The highest BCUT2D eigenvalue weighted by Gasteiger charge is 2.68. The molecule has 0 aromatic carbocycles. The van der Waals surface area contributed by atoms with Gasteiger partial charge in [0.1, 0.15) is 36.1 Å². The van der Waals surface area contributed by atoms with Crippen molar-refractivity contribution in [3.63, 3.8) is 0 Å². The van der Waals surface area contributed by atoms with Crippen LogP contribution in [0.15, 0.2) is 18.5 Å². The van der Waals surface area contributed by atoms with E-state index in [9.17, 15) is 29.3 Å². The Bertz CT molecular complexity index is 1530. The van der Waals surface area contributed by atoms with Crippen molar-refractivity contribution in [3.05, 3.63) is 24.2 Å². The molecular weight excluding hydrogens is 637 g/mol. The van der Waals surface area contributed by atoms with Crippen LogP contribution in [0.25, 0.3) is 5.52 Å². The van der Waals surface area contributed by atoms with E-state index in [0.29, 0.717) is 5.52 Å². The molecule has 0 radical (unpaired) electrons. The van der Waals surface area contributed by atoms with E-state index < -0.39 is 85.8 Å². The van der Waals surface area contributed by atoms with Crippen LogP contribution in [0.2, 0.25) is 0 Å². The molecule has 18 heteroatoms. The van der Waals surface area contributed by atoms with E-state index >= 15 is 0 Å². The summed E-state index contributed by atoms with van der Waals surface area (Å²) >= 11 is 0. The minimum atomic E-state index is -4.39. The Labute approximate surface area is 273 Å². The molecule has 1 aliphatic heterocycles. The van der Waals surface area contributed by atoms with Gasteiger partial charge in [0.05, 0.1) is 30.4 Å². The maximum atomic E-state index is 14.3. The molecule has 0 amide bonds. The first-order chi connectivity index (χ1) is 21.8. The number of nitrogens with zero attached hydrogens (tertiary/aromatic N) is 4. The van der Waals surface area contributed by atoms with Crippen molar-refractivity contribution in [1.29, 1.82) is 5.26 Å². The van der Waals surface area contributed by atoms with Crippen LogP contribution in [0, 0.1) is 17.2 Å². The Hall–Kier alpha value is -3.65. The minimum Gasteiger partial charge on any atom is -0.462 e. The average molecular weight is 682 g/mol. The van der Waals surface area contributed by atoms with E-state index in [2.05, 4.69) is 20.3 Å². The summed E-state index contributed by atoms with van der Waals surface area (Å²) in [7, 11) is -4.39. The summed E-state index contributed by atoms with van der Waals surface area (Å²) in [6.45, 7) is 13.2. The first-order valence-corrected chi connectivity index (χ1v) is 16.7. The Balaban J connectivity index is 2.04. The van der Waals surface area contributed by atoms with Crippen molar-refractivity contribution in [2.24, 2.45) is 5.92 Å². The van der Waals surface area contributed by atoms with Crippen LogP contribution in [0.4, 0.5) is 5.82 Å². The Morgan fingerprint density at radius 1 is 1.06 bits per heavy atom. The van der Waals surface area contributed by atoms with E-state index in [1.165, 1.54) is 37.7 Å². The van der Waals surface area contributed by atoms with Crippen molar-refractivity contribution in [2.75, 3.05) is 12.3 Å². The SMILES string of the molecule is CC(C)OC(=O)[C@H](C)NP(=O)(N[C@@H](C)C(=O)OC(C)C)OC[C@H]1O[C@@](C)(c2ccc3c(N)ncnn23)[C@@](O)(C#N)[C@@H]1OC(=O)C(C)C. The van der Waals surface area contributed by atoms with Crippen LogP contribution in [0.1, 0.15) is 68.0 Å². The first kappa shape index (κ1) is 37.8. The summed E-state index contributed by atoms with van der Waals surface area (Å²) in [4.78, 5) is 42.0. The molecule has 260 valence electrons. The van der Waals surface area contributed by atoms with Gasteiger partial charge < -0.3 is 34.3 Å². The number of aromatic nitrogens is 3. The lowest BCUT2D eigenvalue weighted by molar-refractivity contribution is -0.165. The number of esters is 3. The van der Waals surface area contributed by atoms with Crippen LogP contribution in [0.5, 0.6) is 0 Å². The lowest BCUT2D eigenvalue weighted by Crippen LogP contribution is -2.54. The van der Waals surface area contributed by atoms with Gasteiger partial charge in [0, 0.05) is 0 Å². The molecule has 1 fully saturated rings. The fourth-order valence-electron chi connectivity index (χ4n) is 4.85. The third-order valence-corrected chi connectivity index (χ3v) is 9.25. The number of carbonyl (C=O) groups excluding carboxylic acids is 3. The number of hydrogen-bond donors (Lipinski definition) is 4. The third kappa shape index (κ3) is 8.08. The molecular formula is C29H44N7O10P. The topological polar surface area (TPSA) is 239 Å². The zero-order valence-corrected chi connectivity index (χ0v) is 28.8. The van der Waals surface area contributed by atoms with E-state index in [1.54, 1.807) is 47.6 Å². The molecule has 17 nitrogen and oxygen atoms in total. The number of nitriles is 1. The molecule has 0 saturated carbocycles. The number of nitrogen functional groups attached to an aromatic ring is 1. The number of carbonyl (C=O) groups is 3. The predicted octanol–water partition coefficient (Wildman–Crippen LogP) is 1.73. The van der Waals surface area contributed by atoms with Gasteiger partial charge in [-0.2, -0.15) is 10.4 Å². The molecule has 3 heterocycles. The zero-order chi connectivity index (χ0) is 35.5. The van der Waals surface area contributed by atoms with Crippen LogP contribution in [0.3, 0.4) is 0 Å².